The number of aliphatic hydroxyl groups is 1. The van der Waals surface area contributed by atoms with Crippen molar-refractivity contribution in [3.05, 3.63) is 60.2 Å². The quantitative estimate of drug-likeness (QED) is 0.398. The van der Waals surface area contributed by atoms with Crippen LogP contribution in [0.3, 0.4) is 0 Å². The average Bonchev–Trinajstić information content (AvgIpc) is 3.41. The first kappa shape index (κ1) is 23.1. The molecule has 0 unspecified atom stereocenters. The highest BCUT2D eigenvalue weighted by Gasteiger charge is 2.23. The second-order valence-corrected chi connectivity index (χ2v) is 9.72. The van der Waals surface area contributed by atoms with Crippen molar-refractivity contribution >= 4 is 28.4 Å². The number of fused-ring (bicyclic) bond motifs is 1. The monoisotopic (exact) mass is 473 g/mol. The summed E-state index contributed by atoms with van der Waals surface area (Å²) < 4.78 is 1.70. The lowest BCUT2D eigenvalue weighted by atomic mass is 10.1. The van der Waals surface area contributed by atoms with Gasteiger partial charge in [-0.15, -0.1) is 0 Å². The molecule has 4 aromatic rings. The number of hydrogen-bond donors (Lipinski definition) is 3. The van der Waals surface area contributed by atoms with Crippen LogP contribution >= 0.6 is 0 Å². The molecule has 2 aromatic carbocycles. The molecule has 0 bridgehead atoms. The van der Waals surface area contributed by atoms with Gasteiger partial charge in [0.25, 0.3) is 5.91 Å². The van der Waals surface area contributed by atoms with Gasteiger partial charge < -0.3 is 20.3 Å². The SMILES string of the molecule is Cn1nc(NC(=O)c2ccc(N3CCN(CC(C)(C)O)CC3)cc2)cc1-c1nc2ccccc2[nH]1. The van der Waals surface area contributed by atoms with E-state index in [2.05, 4.69) is 30.2 Å². The number of nitrogens with one attached hydrogen (secondary N) is 2. The van der Waals surface area contributed by atoms with E-state index in [4.69, 9.17) is 0 Å². The molecule has 1 saturated heterocycles. The van der Waals surface area contributed by atoms with Gasteiger partial charge >= 0.3 is 0 Å². The van der Waals surface area contributed by atoms with Gasteiger partial charge in [-0.25, -0.2) is 4.98 Å². The van der Waals surface area contributed by atoms with Crippen LogP contribution in [0.25, 0.3) is 22.6 Å². The predicted molar refractivity (Wildman–Crippen MR) is 138 cm³/mol. The van der Waals surface area contributed by atoms with Gasteiger partial charge in [0.1, 0.15) is 5.69 Å². The van der Waals surface area contributed by atoms with Gasteiger partial charge in [0.05, 0.1) is 16.6 Å². The van der Waals surface area contributed by atoms with E-state index in [9.17, 15) is 9.90 Å². The van der Waals surface area contributed by atoms with Crippen molar-refractivity contribution in [1.29, 1.82) is 0 Å². The molecule has 1 fully saturated rings. The second-order valence-electron chi connectivity index (χ2n) is 9.72. The Morgan fingerprint density at radius 3 is 2.49 bits per heavy atom. The van der Waals surface area contributed by atoms with E-state index in [1.807, 2.05) is 75.5 Å². The first-order chi connectivity index (χ1) is 16.7. The number of H-pyrrole nitrogens is 1. The number of aryl methyl sites for hydroxylation is 1. The van der Waals surface area contributed by atoms with Crippen LogP contribution in [-0.4, -0.2) is 74.0 Å². The zero-order valence-electron chi connectivity index (χ0n) is 20.3. The standard InChI is InChI=1S/C26H31N7O2/c1-26(2,35)17-32-12-14-33(15-13-32)19-10-8-18(9-11-19)25(34)29-23-16-22(31(3)30-23)24-27-20-6-4-5-7-21(20)28-24/h4-11,16,35H,12-15,17H2,1-3H3,(H,27,28)(H,29,30,34). The van der Waals surface area contributed by atoms with E-state index >= 15 is 0 Å². The largest absolute Gasteiger partial charge is 0.389 e. The number of aromatic amines is 1. The fraction of sp³-hybridized carbons (Fsp3) is 0.346. The van der Waals surface area contributed by atoms with E-state index in [0.29, 0.717) is 23.8 Å². The summed E-state index contributed by atoms with van der Waals surface area (Å²) in [6.07, 6.45) is 0. The zero-order chi connectivity index (χ0) is 24.6. The molecule has 182 valence electrons. The fourth-order valence-electron chi connectivity index (χ4n) is 4.55. The minimum atomic E-state index is -0.683. The van der Waals surface area contributed by atoms with Gasteiger partial charge in [-0.1, -0.05) is 12.1 Å². The smallest absolute Gasteiger partial charge is 0.256 e. The maximum atomic E-state index is 12.8. The van der Waals surface area contributed by atoms with E-state index < -0.39 is 5.60 Å². The molecule has 0 aliphatic carbocycles. The number of piperazine rings is 1. The Bertz CT molecular complexity index is 1290. The Labute approximate surface area is 204 Å². The lowest BCUT2D eigenvalue weighted by Crippen LogP contribution is -2.50. The van der Waals surface area contributed by atoms with Crippen molar-refractivity contribution in [2.45, 2.75) is 19.4 Å². The molecule has 35 heavy (non-hydrogen) atoms. The summed E-state index contributed by atoms with van der Waals surface area (Å²) >= 11 is 0. The number of rotatable bonds is 6. The molecule has 3 heterocycles. The first-order valence-electron chi connectivity index (χ1n) is 11.9. The number of para-hydroxylation sites is 2. The molecule has 0 saturated carbocycles. The van der Waals surface area contributed by atoms with Gasteiger partial charge in [-0.05, 0) is 50.2 Å². The van der Waals surface area contributed by atoms with Gasteiger partial charge in [-0.2, -0.15) is 5.10 Å². The minimum absolute atomic E-state index is 0.208. The minimum Gasteiger partial charge on any atom is -0.389 e. The predicted octanol–water partition coefficient (Wildman–Crippen LogP) is 3.11. The maximum absolute atomic E-state index is 12.8. The molecule has 2 aromatic heterocycles. The average molecular weight is 474 g/mol. The van der Waals surface area contributed by atoms with Crippen LogP contribution in [0.5, 0.6) is 0 Å². The van der Waals surface area contributed by atoms with E-state index in [1.54, 1.807) is 4.68 Å². The Kier molecular flexibility index (Phi) is 6.04. The topological polar surface area (TPSA) is 102 Å². The number of hydrogen-bond acceptors (Lipinski definition) is 6. The van der Waals surface area contributed by atoms with Crippen LogP contribution in [0.4, 0.5) is 11.5 Å². The number of β-amino-alcohol motifs (C(OH)–C–C–N with tert-alkyl or cyclic N) is 1. The number of benzene rings is 2. The Hall–Kier alpha value is -3.69. The summed E-state index contributed by atoms with van der Waals surface area (Å²) in [5.74, 6) is 0.967. The summed E-state index contributed by atoms with van der Waals surface area (Å²) in [5, 5.41) is 17.4. The molecule has 1 amide bonds. The number of anilines is 2. The molecule has 9 nitrogen and oxygen atoms in total. The molecule has 5 rings (SSSR count). The molecule has 0 atom stereocenters. The highest BCUT2D eigenvalue weighted by molar-refractivity contribution is 6.04. The lowest BCUT2D eigenvalue weighted by molar-refractivity contribution is 0.0345. The molecule has 9 heteroatoms. The third-order valence-corrected chi connectivity index (χ3v) is 6.23. The first-order valence-corrected chi connectivity index (χ1v) is 11.9. The van der Waals surface area contributed by atoms with Gasteiger partial charge in [0, 0.05) is 57.1 Å². The Balaban J connectivity index is 1.22. The van der Waals surface area contributed by atoms with Crippen LogP contribution < -0.4 is 10.2 Å². The van der Waals surface area contributed by atoms with E-state index in [0.717, 1.165) is 48.6 Å². The maximum Gasteiger partial charge on any atom is 0.256 e. The van der Waals surface area contributed by atoms with E-state index in [-0.39, 0.29) is 5.91 Å². The van der Waals surface area contributed by atoms with Crippen LogP contribution in [0, 0.1) is 0 Å². The summed E-state index contributed by atoms with van der Waals surface area (Å²) in [5.41, 5.74) is 3.61. The summed E-state index contributed by atoms with van der Waals surface area (Å²) in [6.45, 7) is 7.94. The van der Waals surface area contributed by atoms with Crippen LogP contribution in [0.15, 0.2) is 54.6 Å². The molecule has 3 N–H and O–H groups in total. The number of nitrogens with zero attached hydrogens (tertiary/aromatic N) is 5. The number of aromatic nitrogens is 4. The van der Waals surface area contributed by atoms with Gasteiger partial charge in [0.2, 0.25) is 0 Å². The van der Waals surface area contributed by atoms with Crippen molar-refractivity contribution in [3.8, 4) is 11.5 Å². The Morgan fingerprint density at radius 2 is 1.80 bits per heavy atom. The zero-order valence-corrected chi connectivity index (χ0v) is 20.3. The summed E-state index contributed by atoms with van der Waals surface area (Å²) in [4.78, 5) is 25.4. The molecule has 0 radical (unpaired) electrons. The van der Waals surface area contributed by atoms with Crippen LogP contribution in [-0.2, 0) is 7.05 Å². The van der Waals surface area contributed by atoms with Crippen molar-refractivity contribution < 1.29 is 9.90 Å². The number of imidazole rings is 1. The Morgan fingerprint density at radius 1 is 1.09 bits per heavy atom. The highest BCUT2D eigenvalue weighted by atomic mass is 16.3. The molecule has 1 aliphatic rings. The fourth-order valence-corrected chi connectivity index (χ4v) is 4.55. The van der Waals surface area contributed by atoms with Crippen LogP contribution in [0.2, 0.25) is 0 Å². The van der Waals surface area contributed by atoms with Crippen molar-refractivity contribution in [2.75, 3.05) is 42.9 Å². The highest BCUT2D eigenvalue weighted by Crippen LogP contribution is 2.23. The molecule has 1 aliphatic heterocycles. The number of carbonyl (C=O) groups excluding carboxylic acids is 1. The summed E-state index contributed by atoms with van der Waals surface area (Å²) in [6, 6.07) is 17.3. The molecular formula is C26H31N7O2. The van der Waals surface area contributed by atoms with Crippen molar-refractivity contribution in [1.82, 2.24) is 24.6 Å². The normalized spacial score (nSPS) is 15.0. The summed E-state index contributed by atoms with van der Waals surface area (Å²) in [7, 11) is 1.83. The number of carbonyl (C=O) groups is 1. The lowest BCUT2D eigenvalue weighted by Gasteiger charge is -2.38. The third kappa shape index (κ3) is 5.21. The molecular weight excluding hydrogens is 442 g/mol. The van der Waals surface area contributed by atoms with Crippen molar-refractivity contribution in [3.63, 3.8) is 0 Å². The number of amides is 1. The second kappa shape index (κ2) is 9.16. The molecule has 0 spiro atoms. The van der Waals surface area contributed by atoms with Gasteiger partial charge in [-0.3, -0.25) is 14.4 Å². The van der Waals surface area contributed by atoms with Crippen molar-refractivity contribution in [2.24, 2.45) is 7.05 Å². The van der Waals surface area contributed by atoms with E-state index in [1.165, 1.54) is 0 Å². The third-order valence-electron chi connectivity index (χ3n) is 6.23. The van der Waals surface area contributed by atoms with Gasteiger partial charge in [0.15, 0.2) is 11.6 Å². The van der Waals surface area contributed by atoms with Crippen LogP contribution in [0.1, 0.15) is 24.2 Å².